The lowest BCUT2D eigenvalue weighted by Gasteiger charge is -2.09. The second-order valence-corrected chi connectivity index (χ2v) is 2.50. The van der Waals surface area contributed by atoms with Crippen LogP contribution >= 0.6 is 0 Å². The summed E-state index contributed by atoms with van der Waals surface area (Å²) in [5.41, 5.74) is 1.34. The van der Waals surface area contributed by atoms with Crippen LogP contribution in [-0.4, -0.2) is 21.3 Å². The van der Waals surface area contributed by atoms with Crippen molar-refractivity contribution in [3.05, 3.63) is 29.8 Å². The van der Waals surface area contributed by atoms with Gasteiger partial charge in [-0.15, -0.1) is 0 Å². The molecule has 0 unspecified atom stereocenters. The Balaban J connectivity index is 3.05. The average molecular weight is 175 g/mol. The molecule has 0 saturated carbocycles. The Morgan fingerprint density at radius 2 is 1.85 bits per heavy atom. The normalized spacial score (nSPS) is 9.31. The van der Waals surface area contributed by atoms with Gasteiger partial charge in [0.15, 0.2) is 0 Å². The van der Waals surface area contributed by atoms with Gasteiger partial charge in [-0.05, 0) is 6.07 Å². The van der Waals surface area contributed by atoms with E-state index in [1.165, 1.54) is 0 Å². The molecule has 0 aliphatic rings. The zero-order chi connectivity index (χ0) is 9.68. The van der Waals surface area contributed by atoms with Gasteiger partial charge in [0.25, 0.3) is 0 Å². The van der Waals surface area contributed by atoms with Crippen molar-refractivity contribution < 1.29 is 9.31 Å². The zero-order valence-corrected chi connectivity index (χ0v) is 7.65. The van der Waals surface area contributed by atoms with E-state index in [1.54, 1.807) is 20.3 Å². The molecule has 0 aliphatic heterocycles. The lowest BCUT2D eigenvalue weighted by Crippen LogP contribution is -2.36. The highest BCUT2D eigenvalue weighted by molar-refractivity contribution is 6.61. The maximum Gasteiger partial charge on any atom is 0.494 e. The standard InChI is InChI=1S/C9H10BNO2/c1-12-10(13-2)9-6-4-3-5-8(9)7-11/h3-6H,1-2H3. The summed E-state index contributed by atoms with van der Waals surface area (Å²) in [5, 5.41) is 8.80. The van der Waals surface area contributed by atoms with Crippen molar-refractivity contribution in [2.24, 2.45) is 0 Å². The first kappa shape index (κ1) is 9.78. The lowest BCUT2D eigenvalue weighted by molar-refractivity contribution is 0.292. The topological polar surface area (TPSA) is 42.2 Å². The van der Waals surface area contributed by atoms with Crippen molar-refractivity contribution in [2.45, 2.75) is 0 Å². The molecule has 0 bridgehead atoms. The minimum absolute atomic E-state index is 0.462. The number of nitrogens with zero attached hydrogens (tertiary/aromatic N) is 1. The molecule has 0 spiro atoms. The third-order valence-corrected chi connectivity index (χ3v) is 1.76. The Hall–Kier alpha value is -1.31. The number of hydrogen-bond donors (Lipinski definition) is 0. The second-order valence-electron chi connectivity index (χ2n) is 2.50. The molecule has 0 saturated heterocycles. The predicted octanol–water partition coefficient (Wildman–Crippen LogP) is 0.546. The molecule has 0 atom stereocenters. The molecule has 0 aromatic heterocycles. The summed E-state index contributed by atoms with van der Waals surface area (Å²) in [5.74, 6) is 0. The minimum atomic E-state index is -0.462. The Kier molecular flexibility index (Phi) is 3.50. The van der Waals surface area contributed by atoms with Crippen molar-refractivity contribution in [1.29, 1.82) is 5.26 Å². The van der Waals surface area contributed by atoms with E-state index in [-0.39, 0.29) is 0 Å². The van der Waals surface area contributed by atoms with Gasteiger partial charge in [-0.1, -0.05) is 18.2 Å². The molecule has 0 aliphatic carbocycles. The van der Waals surface area contributed by atoms with Gasteiger partial charge in [0.2, 0.25) is 0 Å². The highest BCUT2D eigenvalue weighted by atomic mass is 16.6. The fourth-order valence-electron chi connectivity index (χ4n) is 1.15. The van der Waals surface area contributed by atoms with Gasteiger partial charge in [-0.3, -0.25) is 0 Å². The monoisotopic (exact) mass is 175 g/mol. The fraction of sp³-hybridized carbons (Fsp3) is 0.222. The van der Waals surface area contributed by atoms with Gasteiger partial charge in [0.05, 0.1) is 11.6 Å². The molecular weight excluding hydrogens is 165 g/mol. The van der Waals surface area contributed by atoms with E-state index in [9.17, 15) is 0 Å². The van der Waals surface area contributed by atoms with E-state index in [0.29, 0.717) is 5.56 Å². The second kappa shape index (κ2) is 4.66. The van der Waals surface area contributed by atoms with Crippen LogP contribution in [0.4, 0.5) is 0 Å². The van der Waals surface area contributed by atoms with Gasteiger partial charge < -0.3 is 9.31 Å². The van der Waals surface area contributed by atoms with E-state index >= 15 is 0 Å². The molecule has 0 N–H and O–H groups in total. The SMILES string of the molecule is COB(OC)c1ccccc1C#N. The van der Waals surface area contributed by atoms with Gasteiger partial charge in [0, 0.05) is 19.7 Å². The molecule has 1 aromatic carbocycles. The van der Waals surface area contributed by atoms with Crippen LogP contribution in [0.3, 0.4) is 0 Å². The smallest absolute Gasteiger partial charge is 0.410 e. The van der Waals surface area contributed by atoms with Crippen molar-refractivity contribution in [2.75, 3.05) is 14.2 Å². The highest BCUT2D eigenvalue weighted by Crippen LogP contribution is 1.97. The van der Waals surface area contributed by atoms with Crippen molar-refractivity contribution in [1.82, 2.24) is 0 Å². The number of rotatable bonds is 3. The summed E-state index contributed by atoms with van der Waals surface area (Å²) in [4.78, 5) is 0. The number of nitriles is 1. The van der Waals surface area contributed by atoms with Crippen LogP contribution in [0.2, 0.25) is 0 Å². The summed E-state index contributed by atoms with van der Waals surface area (Å²) in [6.45, 7) is 0. The zero-order valence-electron chi connectivity index (χ0n) is 7.65. The van der Waals surface area contributed by atoms with Gasteiger partial charge in [-0.2, -0.15) is 5.26 Å². The van der Waals surface area contributed by atoms with Crippen LogP contribution in [0.1, 0.15) is 5.56 Å². The Morgan fingerprint density at radius 1 is 1.23 bits per heavy atom. The summed E-state index contributed by atoms with van der Waals surface area (Å²) in [6, 6.07) is 9.30. The third-order valence-electron chi connectivity index (χ3n) is 1.76. The summed E-state index contributed by atoms with van der Waals surface area (Å²) < 4.78 is 10.1. The highest BCUT2D eigenvalue weighted by Gasteiger charge is 2.20. The average Bonchev–Trinajstić information content (AvgIpc) is 2.20. The Morgan fingerprint density at radius 3 is 2.38 bits per heavy atom. The van der Waals surface area contributed by atoms with Crippen LogP contribution in [-0.2, 0) is 9.31 Å². The molecule has 0 heterocycles. The van der Waals surface area contributed by atoms with Crippen LogP contribution in [0.15, 0.2) is 24.3 Å². The first-order valence-electron chi connectivity index (χ1n) is 3.88. The van der Waals surface area contributed by atoms with Crippen LogP contribution < -0.4 is 5.46 Å². The number of benzene rings is 1. The van der Waals surface area contributed by atoms with E-state index in [4.69, 9.17) is 14.6 Å². The van der Waals surface area contributed by atoms with Crippen LogP contribution in [0, 0.1) is 11.3 Å². The quantitative estimate of drug-likeness (QED) is 0.629. The molecule has 3 nitrogen and oxygen atoms in total. The van der Waals surface area contributed by atoms with Crippen LogP contribution in [0.25, 0.3) is 0 Å². The number of hydrogen-bond acceptors (Lipinski definition) is 3. The fourth-order valence-corrected chi connectivity index (χ4v) is 1.15. The molecule has 4 heteroatoms. The molecule has 0 fully saturated rings. The maximum absolute atomic E-state index is 8.80. The Bertz CT molecular complexity index is 318. The predicted molar refractivity (Wildman–Crippen MR) is 50.6 cm³/mol. The molecule has 1 aromatic rings. The molecule has 1 rings (SSSR count). The minimum Gasteiger partial charge on any atom is -0.410 e. The largest absolute Gasteiger partial charge is 0.494 e. The molecule has 66 valence electrons. The van der Waals surface area contributed by atoms with Crippen molar-refractivity contribution in [3.8, 4) is 6.07 Å². The summed E-state index contributed by atoms with van der Waals surface area (Å²) in [7, 11) is 2.63. The first-order chi connectivity index (χ1) is 6.33. The summed E-state index contributed by atoms with van der Waals surface area (Å²) >= 11 is 0. The van der Waals surface area contributed by atoms with E-state index in [2.05, 4.69) is 6.07 Å². The van der Waals surface area contributed by atoms with Gasteiger partial charge >= 0.3 is 7.12 Å². The lowest BCUT2D eigenvalue weighted by atomic mass is 9.76. The first-order valence-corrected chi connectivity index (χ1v) is 3.88. The van der Waals surface area contributed by atoms with E-state index in [1.807, 2.05) is 18.2 Å². The molecule has 0 radical (unpaired) electrons. The molecular formula is C9H10BNO2. The van der Waals surface area contributed by atoms with Crippen LogP contribution in [0.5, 0.6) is 0 Å². The van der Waals surface area contributed by atoms with E-state index < -0.39 is 7.12 Å². The van der Waals surface area contributed by atoms with Crippen molar-refractivity contribution in [3.63, 3.8) is 0 Å². The van der Waals surface area contributed by atoms with Crippen molar-refractivity contribution >= 4 is 12.6 Å². The third kappa shape index (κ3) is 2.08. The summed E-state index contributed by atoms with van der Waals surface area (Å²) in [6.07, 6.45) is 0. The van der Waals surface area contributed by atoms with E-state index in [0.717, 1.165) is 5.46 Å². The maximum atomic E-state index is 8.80. The molecule has 13 heavy (non-hydrogen) atoms. The molecule has 0 amide bonds. The Labute approximate surface area is 78.0 Å². The van der Waals surface area contributed by atoms with Gasteiger partial charge in [-0.25, -0.2) is 0 Å². The van der Waals surface area contributed by atoms with Gasteiger partial charge in [0.1, 0.15) is 0 Å².